The third-order valence-electron chi connectivity index (χ3n) is 3.48. The van der Waals surface area contributed by atoms with Crippen LogP contribution < -0.4 is 5.32 Å². The van der Waals surface area contributed by atoms with Gasteiger partial charge in [0.1, 0.15) is 5.69 Å². The van der Waals surface area contributed by atoms with Crippen molar-refractivity contribution in [3.05, 3.63) is 59.1 Å². The number of rotatable bonds is 7. The topological polar surface area (TPSA) is 55.1 Å². The van der Waals surface area contributed by atoms with Gasteiger partial charge in [-0.25, -0.2) is 0 Å². The summed E-state index contributed by atoms with van der Waals surface area (Å²) in [5.74, 6) is 0.980. The number of benzene rings is 1. The fraction of sp³-hybridized carbons (Fsp3) is 0.222. The number of anilines is 1. The zero-order valence-electron chi connectivity index (χ0n) is 12.9. The van der Waals surface area contributed by atoms with Gasteiger partial charge in [-0.1, -0.05) is 18.1 Å². The molecule has 0 saturated heterocycles. The van der Waals surface area contributed by atoms with Gasteiger partial charge in [0.25, 0.3) is 0 Å². The van der Waals surface area contributed by atoms with E-state index in [9.17, 15) is 4.79 Å². The molecule has 0 fully saturated rings. The maximum Gasteiger partial charge on any atom is 0.177 e. The van der Waals surface area contributed by atoms with Crippen LogP contribution in [0.5, 0.6) is 0 Å². The highest BCUT2D eigenvalue weighted by Gasteiger charge is 2.08. The fourth-order valence-corrected chi connectivity index (χ4v) is 2.94. The first-order valence-corrected chi connectivity index (χ1v) is 8.51. The first kappa shape index (κ1) is 15.5. The van der Waals surface area contributed by atoms with Crippen LogP contribution in [0.3, 0.4) is 0 Å². The van der Waals surface area contributed by atoms with Gasteiger partial charge in [-0.05, 0) is 42.1 Å². The summed E-state index contributed by atoms with van der Waals surface area (Å²) in [6.07, 6.45) is 1.47. The Labute approximate surface area is 139 Å². The Morgan fingerprint density at radius 2 is 2.09 bits per heavy atom. The number of nitrogens with zero attached hydrogens (tertiary/aromatic N) is 1. The summed E-state index contributed by atoms with van der Waals surface area (Å²) in [6, 6.07) is 13.5. The molecule has 0 aliphatic rings. The molecule has 2 aromatic heterocycles. The third kappa shape index (κ3) is 3.87. The van der Waals surface area contributed by atoms with Crippen molar-refractivity contribution in [2.24, 2.45) is 0 Å². The van der Waals surface area contributed by atoms with Gasteiger partial charge >= 0.3 is 0 Å². The summed E-state index contributed by atoms with van der Waals surface area (Å²) in [7, 11) is 0. The number of Topliss-reactive ketones (excluding diaryl/α,β-unsaturated/α-hetero) is 1. The van der Waals surface area contributed by atoms with Gasteiger partial charge in [-0.15, -0.1) is 11.3 Å². The summed E-state index contributed by atoms with van der Waals surface area (Å²) in [4.78, 5) is 12.9. The van der Waals surface area contributed by atoms with Crippen molar-refractivity contribution in [2.45, 2.75) is 26.3 Å². The molecule has 0 spiro atoms. The second-order valence-corrected chi connectivity index (χ2v) is 6.21. The second kappa shape index (κ2) is 7.24. The predicted molar refractivity (Wildman–Crippen MR) is 92.8 cm³/mol. The van der Waals surface area contributed by atoms with Gasteiger partial charge in [0.2, 0.25) is 0 Å². The summed E-state index contributed by atoms with van der Waals surface area (Å²) < 4.78 is 5.35. The van der Waals surface area contributed by atoms with Crippen LogP contribution in [0.15, 0.2) is 52.4 Å². The third-order valence-corrected chi connectivity index (χ3v) is 4.36. The standard InChI is InChI=1S/C18H18N2O2S/c1-2-4-16(21)13-6-8-14(9-7-13)19-12-15-11-17(22-20-15)18-5-3-10-23-18/h3,5-11,19H,2,4,12H2,1H3. The Hall–Kier alpha value is -2.40. The molecule has 0 radical (unpaired) electrons. The lowest BCUT2D eigenvalue weighted by atomic mass is 10.1. The van der Waals surface area contributed by atoms with Gasteiger partial charge in [0, 0.05) is 23.7 Å². The highest BCUT2D eigenvalue weighted by atomic mass is 32.1. The number of hydrogen-bond acceptors (Lipinski definition) is 5. The molecule has 118 valence electrons. The zero-order valence-corrected chi connectivity index (χ0v) is 13.7. The molecule has 5 heteroatoms. The van der Waals surface area contributed by atoms with Crippen LogP contribution in [0.2, 0.25) is 0 Å². The van der Waals surface area contributed by atoms with E-state index in [0.717, 1.165) is 34.0 Å². The van der Waals surface area contributed by atoms with Crippen molar-refractivity contribution in [2.75, 3.05) is 5.32 Å². The maximum absolute atomic E-state index is 11.8. The van der Waals surface area contributed by atoms with Crippen molar-refractivity contribution in [1.82, 2.24) is 5.16 Å². The van der Waals surface area contributed by atoms with Gasteiger partial charge in [0.15, 0.2) is 11.5 Å². The van der Waals surface area contributed by atoms with Crippen LogP contribution in [0.1, 0.15) is 35.8 Å². The van der Waals surface area contributed by atoms with Crippen molar-refractivity contribution in [1.29, 1.82) is 0 Å². The molecule has 23 heavy (non-hydrogen) atoms. The summed E-state index contributed by atoms with van der Waals surface area (Å²) in [6.45, 7) is 2.59. The number of nitrogens with one attached hydrogen (secondary N) is 1. The summed E-state index contributed by atoms with van der Waals surface area (Å²) >= 11 is 1.63. The first-order valence-electron chi connectivity index (χ1n) is 7.63. The predicted octanol–water partition coefficient (Wildman–Crippen LogP) is 5.00. The van der Waals surface area contributed by atoms with Crippen molar-refractivity contribution in [3.8, 4) is 10.6 Å². The molecule has 0 atom stereocenters. The molecular weight excluding hydrogens is 308 g/mol. The molecule has 0 bridgehead atoms. The Morgan fingerprint density at radius 3 is 2.78 bits per heavy atom. The Kier molecular flexibility index (Phi) is 4.88. The van der Waals surface area contributed by atoms with Crippen molar-refractivity contribution >= 4 is 22.8 Å². The van der Waals surface area contributed by atoms with Crippen LogP contribution in [-0.4, -0.2) is 10.9 Å². The van der Waals surface area contributed by atoms with Crippen LogP contribution >= 0.6 is 11.3 Å². The van der Waals surface area contributed by atoms with E-state index in [1.54, 1.807) is 11.3 Å². The minimum Gasteiger partial charge on any atom is -0.379 e. The van der Waals surface area contributed by atoms with E-state index < -0.39 is 0 Å². The minimum atomic E-state index is 0.191. The van der Waals surface area contributed by atoms with E-state index in [2.05, 4.69) is 10.5 Å². The molecule has 1 aromatic carbocycles. The quantitative estimate of drug-likeness (QED) is 0.621. The number of thiophene rings is 1. The fourth-order valence-electron chi connectivity index (χ4n) is 2.27. The number of carbonyl (C=O) groups is 1. The largest absolute Gasteiger partial charge is 0.379 e. The molecule has 0 unspecified atom stereocenters. The SMILES string of the molecule is CCCC(=O)c1ccc(NCc2cc(-c3cccs3)on2)cc1. The van der Waals surface area contributed by atoms with Crippen LogP contribution in [-0.2, 0) is 6.54 Å². The van der Waals surface area contributed by atoms with E-state index >= 15 is 0 Å². The summed E-state index contributed by atoms with van der Waals surface area (Å²) in [5, 5.41) is 9.37. The number of aromatic nitrogens is 1. The molecule has 3 rings (SSSR count). The zero-order chi connectivity index (χ0) is 16.1. The smallest absolute Gasteiger partial charge is 0.177 e. The van der Waals surface area contributed by atoms with Crippen molar-refractivity contribution in [3.63, 3.8) is 0 Å². The highest BCUT2D eigenvalue weighted by molar-refractivity contribution is 7.13. The summed E-state index contributed by atoms with van der Waals surface area (Å²) in [5.41, 5.74) is 2.57. The van der Waals surface area contributed by atoms with E-state index in [1.165, 1.54) is 0 Å². The average Bonchev–Trinajstić information content (AvgIpc) is 3.25. The number of ketones is 1. The number of carbonyl (C=O) groups excluding carboxylic acids is 1. The monoisotopic (exact) mass is 326 g/mol. The molecule has 0 aliphatic heterocycles. The molecule has 4 nitrogen and oxygen atoms in total. The Balaban J connectivity index is 1.59. The van der Waals surface area contributed by atoms with E-state index in [-0.39, 0.29) is 5.78 Å². The Morgan fingerprint density at radius 1 is 1.26 bits per heavy atom. The van der Waals surface area contributed by atoms with Crippen LogP contribution in [0.4, 0.5) is 5.69 Å². The molecule has 3 aromatic rings. The van der Waals surface area contributed by atoms with Gasteiger partial charge in [-0.3, -0.25) is 4.79 Å². The van der Waals surface area contributed by atoms with Crippen LogP contribution in [0.25, 0.3) is 10.6 Å². The van der Waals surface area contributed by atoms with E-state index in [4.69, 9.17) is 4.52 Å². The van der Waals surface area contributed by atoms with Gasteiger partial charge in [-0.2, -0.15) is 0 Å². The van der Waals surface area contributed by atoms with E-state index in [0.29, 0.717) is 13.0 Å². The molecule has 2 heterocycles. The molecular formula is C18H18N2O2S. The highest BCUT2D eigenvalue weighted by Crippen LogP contribution is 2.25. The normalized spacial score (nSPS) is 10.7. The van der Waals surface area contributed by atoms with Gasteiger partial charge in [0.05, 0.1) is 11.4 Å². The molecule has 0 amide bonds. The lowest BCUT2D eigenvalue weighted by molar-refractivity contribution is 0.0982. The molecule has 1 N–H and O–H groups in total. The lowest BCUT2D eigenvalue weighted by Gasteiger charge is -2.05. The van der Waals surface area contributed by atoms with Gasteiger partial charge < -0.3 is 9.84 Å². The Bertz CT molecular complexity index is 761. The lowest BCUT2D eigenvalue weighted by Crippen LogP contribution is -2.01. The van der Waals surface area contributed by atoms with Crippen molar-refractivity contribution < 1.29 is 9.32 Å². The molecule has 0 saturated carbocycles. The van der Waals surface area contributed by atoms with E-state index in [1.807, 2.05) is 54.8 Å². The average molecular weight is 326 g/mol. The number of hydrogen-bond donors (Lipinski definition) is 1. The second-order valence-electron chi connectivity index (χ2n) is 5.26. The minimum absolute atomic E-state index is 0.191. The maximum atomic E-state index is 11.8. The van der Waals surface area contributed by atoms with Crippen LogP contribution in [0, 0.1) is 0 Å². The molecule has 0 aliphatic carbocycles. The first-order chi connectivity index (χ1) is 11.3.